The van der Waals surface area contributed by atoms with Crippen molar-refractivity contribution in [3.8, 4) is 0 Å². The lowest BCUT2D eigenvalue weighted by Crippen LogP contribution is -2.37. The fraction of sp³-hybridized carbons (Fsp3) is 0.650. The zero-order chi connectivity index (χ0) is 18.3. The van der Waals surface area contributed by atoms with Crippen LogP contribution in [0.1, 0.15) is 70.5 Å². The first-order chi connectivity index (χ1) is 12.4. The van der Waals surface area contributed by atoms with E-state index in [-0.39, 0.29) is 17.6 Å². The highest BCUT2D eigenvalue weighted by atomic mass is 16.5. The fourth-order valence-corrected chi connectivity index (χ4v) is 4.00. The third-order valence-corrected chi connectivity index (χ3v) is 5.57. The number of carbonyl (C=O) groups excluding carboxylic acids is 1. The highest BCUT2D eigenvalue weighted by Crippen LogP contribution is 2.37. The molecule has 1 aliphatic heterocycles. The van der Waals surface area contributed by atoms with Gasteiger partial charge in [-0.3, -0.25) is 14.7 Å². The summed E-state index contributed by atoms with van der Waals surface area (Å²) in [7, 11) is 0. The maximum atomic E-state index is 12.7. The lowest BCUT2D eigenvalue weighted by Gasteiger charge is -2.35. The molecule has 0 spiro atoms. The number of amides is 1. The SMILES string of the molecule is Cc1ccc2nc(NC(=O)C[C@@H]3CCCC(C)(C)O3)n(C3CCC3)c2n1. The number of fused-ring (bicyclic) bond motifs is 1. The number of pyridine rings is 1. The molecule has 1 saturated heterocycles. The Balaban J connectivity index is 1.54. The largest absolute Gasteiger partial charge is 0.372 e. The van der Waals surface area contributed by atoms with Crippen LogP contribution < -0.4 is 5.32 Å². The number of imidazole rings is 1. The summed E-state index contributed by atoms with van der Waals surface area (Å²) >= 11 is 0. The van der Waals surface area contributed by atoms with Gasteiger partial charge in [0.2, 0.25) is 11.9 Å². The van der Waals surface area contributed by atoms with Crippen LogP contribution >= 0.6 is 0 Å². The van der Waals surface area contributed by atoms with Crippen LogP contribution in [0, 0.1) is 6.92 Å². The van der Waals surface area contributed by atoms with Crippen LogP contribution in [-0.4, -0.2) is 32.1 Å². The summed E-state index contributed by atoms with van der Waals surface area (Å²) in [6, 6.07) is 4.33. The van der Waals surface area contributed by atoms with Crippen molar-refractivity contribution < 1.29 is 9.53 Å². The molecule has 1 atom stereocenters. The van der Waals surface area contributed by atoms with Crippen LogP contribution in [0.15, 0.2) is 12.1 Å². The average Bonchev–Trinajstić information content (AvgIpc) is 2.82. The van der Waals surface area contributed by atoms with E-state index < -0.39 is 0 Å². The number of carbonyl (C=O) groups is 1. The van der Waals surface area contributed by atoms with Gasteiger partial charge in [-0.05, 0) is 71.4 Å². The molecule has 140 valence electrons. The normalized spacial score (nSPS) is 23.0. The van der Waals surface area contributed by atoms with Gasteiger partial charge >= 0.3 is 0 Å². The van der Waals surface area contributed by atoms with E-state index in [1.165, 1.54) is 6.42 Å². The molecular weight excluding hydrogens is 328 g/mol. The van der Waals surface area contributed by atoms with E-state index in [1.807, 2.05) is 19.1 Å². The minimum absolute atomic E-state index is 0.0133. The fourth-order valence-electron chi connectivity index (χ4n) is 4.00. The number of anilines is 1. The average molecular weight is 356 g/mol. The van der Waals surface area contributed by atoms with E-state index in [2.05, 4.69) is 33.7 Å². The van der Waals surface area contributed by atoms with Gasteiger partial charge in [0, 0.05) is 11.7 Å². The Morgan fingerprint density at radius 2 is 2.08 bits per heavy atom. The van der Waals surface area contributed by atoms with Crippen LogP contribution in [0.3, 0.4) is 0 Å². The van der Waals surface area contributed by atoms with Crippen molar-refractivity contribution in [1.82, 2.24) is 14.5 Å². The Morgan fingerprint density at radius 1 is 1.27 bits per heavy atom. The number of nitrogens with zero attached hydrogens (tertiary/aromatic N) is 3. The Kier molecular flexibility index (Phi) is 4.47. The highest BCUT2D eigenvalue weighted by molar-refractivity contribution is 5.91. The molecule has 2 aromatic heterocycles. The lowest BCUT2D eigenvalue weighted by molar-refractivity contribution is -0.131. The lowest BCUT2D eigenvalue weighted by atomic mass is 9.93. The highest BCUT2D eigenvalue weighted by Gasteiger charge is 2.31. The Bertz CT molecular complexity index is 823. The number of hydrogen-bond acceptors (Lipinski definition) is 4. The molecule has 0 radical (unpaired) electrons. The van der Waals surface area contributed by atoms with Crippen LogP contribution in [0.25, 0.3) is 11.2 Å². The van der Waals surface area contributed by atoms with Gasteiger partial charge < -0.3 is 4.74 Å². The van der Waals surface area contributed by atoms with Crippen LogP contribution in [0.2, 0.25) is 0 Å². The van der Waals surface area contributed by atoms with E-state index in [0.29, 0.717) is 18.4 Å². The topological polar surface area (TPSA) is 69.0 Å². The number of aryl methyl sites for hydroxylation is 1. The van der Waals surface area contributed by atoms with Crippen molar-refractivity contribution in [1.29, 1.82) is 0 Å². The van der Waals surface area contributed by atoms with Gasteiger partial charge in [-0.25, -0.2) is 9.97 Å². The first-order valence-electron chi connectivity index (χ1n) is 9.74. The van der Waals surface area contributed by atoms with Gasteiger partial charge in [0.1, 0.15) is 5.52 Å². The Labute approximate surface area is 154 Å². The second-order valence-corrected chi connectivity index (χ2v) is 8.33. The van der Waals surface area contributed by atoms with Gasteiger partial charge in [-0.2, -0.15) is 0 Å². The molecule has 6 heteroatoms. The molecule has 2 aromatic rings. The molecule has 26 heavy (non-hydrogen) atoms. The van der Waals surface area contributed by atoms with E-state index in [9.17, 15) is 4.79 Å². The number of nitrogens with one attached hydrogen (secondary N) is 1. The van der Waals surface area contributed by atoms with E-state index in [4.69, 9.17) is 4.74 Å². The molecule has 2 fully saturated rings. The van der Waals surface area contributed by atoms with Gasteiger partial charge in [0.15, 0.2) is 5.65 Å². The van der Waals surface area contributed by atoms with Gasteiger partial charge in [-0.1, -0.05) is 0 Å². The van der Waals surface area contributed by atoms with Crippen molar-refractivity contribution in [3.63, 3.8) is 0 Å². The first-order valence-corrected chi connectivity index (χ1v) is 9.74. The summed E-state index contributed by atoms with van der Waals surface area (Å²) in [5.74, 6) is 0.600. The zero-order valence-corrected chi connectivity index (χ0v) is 15.9. The molecule has 0 unspecified atom stereocenters. The molecule has 2 aliphatic rings. The molecule has 0 aromatic carbocycles. The summed E-state index contributed by atoms with van der Waals surface area (Å²) in [6.45, 7) is 6.18. The molecular formula is C20H28N4O2. The maximum absolute atomic E-state index is 12.7. The van der Waals surface area contributed by atoms with Gasteiger partial charge in [0.05, 0.1) is 18.1 Å². The van der Waals surface area contributed by atoms with Crippen LogP contribution in [0.5, 0.6) is 0 Å². The predicted octanol–water partition coefficient (Wildman–Crippen LogP) is 4.14. The minimum Gasteiger partial charge on any atom is -0.372 e. The summed E-state index contributed by atoms with van der Waals surface area (Å²) in [5.41, 5.74) is 2.55. The third-order valence-electron chi connectivity index (χ3n) is 5.57. The molecule has 0 bridgehead atoms. The van der Waals surface area contributed by atoms with E-state index in [0.717, 1.165) is 49.0 Å². The van der Waals surface area contributed by atoms with E-state index in [1.54, 1.807) is 0 Å². The standard InChI is InChI=1S/C20H28N4O2/c1-13-9-10-16-18(21-13)24(14-6-4-7-14)19(22-16)23-17(25)12-15-8-5-11-20(2,3)26-15/h9-10,14-15H,4-8,11-12H2,1-3H3,(H,22,23,25)/t15-/m0/s1. The number of aromatic nitrogens is 3. The zero-order valence-electron chi connectivity index (χ0n) is 15.9. The van der Waals surface area contributed by atoms with Gasteiger partial charge in [-0.15, -0.1) is 0 Å². The number of ether oxygens (including phenoxy) is 1. The maximum Gasteiger partial charge on any atom is 0.229 e. The predicted molar refractivity (Wildman–Crippen MR) is 101 cm³/mol. The number of hydrogen-bond donors (Lipinski definition) is 1. The molecule has 1 N–H and O–H groups in total. The minimum atomic E-state index is -0.135. The van der Waals surface area contributed by atoms with Crippen molar-refractivity contribution >= 4 is 23.0 Å². The molecule has 1 saturated carbocycles. The third kappa shape index (κ3) is 3.47. The molecule has 4 rings (SSSR count). The van der Waals surface area contributed by atoms with Gasteiger partial charge in [0.25, 0.3) is 0 Å². The summed E-state index contributed by atoms with van der Waals surface area (Å²) in [5, 5.41) is 3.04. The summed E-state index contributed by atoms with van der Waals surface area (Å²) in [6.07, 6.45) is 6.91. The van der Waals surface area contributed by atoms with Crippen LogP contribution in [0.4, 0.5) is 5.95 Å². The van der Waals surface area contributed by atoms with Crippen LogP contribution in [-0.2, 0) is 9.53 Å². The summed E-state index contributed by atoms with van der Waals surface area (Å²) < 4.78 is 8.19. The first kappa shape index (κ1) is 17.5. The molecule has 1 aliphatic carbocycles. The van der Waals surface area contributed by atoms with Crippen molar-refractivity contribution in [2.24, 2.45) is 0 Å². The summed E-state index contributed by atoms with van der Waals surface area (Å²) in [4.78, 5) is 22.0. The quantitative estimate of drug-likeness (QED) is 0.894. The van der Waals surface area contributed by atoms with Crippen molar-refractivity contribution in [3.05, 3.63) is 17.8 Å². The van der Waals surface area contributed by atoms with E-state index >= 15 is 0 Å². The number of rotatable bonds is 4. The Hall–Kier alpha value is -1.95. The monoisotopic (exact) mass is 356 g/mol. The second-order valence-electron chi connectivity index (χ2n) is 8.33. The second kappa shape index (κ2) is 6.65. The molecule has 6 nitrogen and oxygen atoms in total. The van der Waals surface area contributed by atoms with Crippen molar-refractivity contribution in [2.75, 3.05) is 5.32 Å². The van der Waals surface area contributed by atoms with Crippen molar-refractivity contribution in [2.45, 2.75) is 83.5 Å². The molecule has 1 amide bonds. The molecule has 3 heterocycles. The Morgan fingerprint density at radius 3 is 2.77 bits per heavy atom. The smallest absolute Gasteiger partial charge is 0.229 e.